The van der Waals surface area contributed by atoms with E-state index >= 15 is 0 Å². The molecule has 2 aromatic rings. The van der Waals surface area contributed by atoms with E-state index < -0.39 is 0 Å². The molecule has 1 fully saturated rings. The van der Waals surface area contributed by atoms with Crippen molar-refractivity contribution in [1.29, 1.82) is 0 Å². The van der Waals surface area contributed by atoms with E-state index in [4.69, 9.17) is 4.74 Å². The third-order valence-electron chi connectivity index (χ3n) is 4.20. The van der Waals surface area contributed by atoms with E-state index in [0.29, 0.717) is 29.8 Å². The van der Waals surface area contributed by atoms with Gasteiger partial charge in [-0.1, -0.05) is 44.2 Å². The van der Waals surface area contributed by atoms with Gasteiger partial charge in [-0.05, 0) is 18.8 Å². The van der Waals surface area contributed by atoms with Crippen LogP contribution in [0, 0.1) is 5.92 Å². The lowest BCUT2D eigenvalue weighted by atomic mass is 10.2. The number of nitrogens with zero attached hydrogens (tertiary/aromatic N) is 2. The quantitative estimate of drug-likeness (QED) is 0.799. The van der Waals surface area contributed by atoms with Crippen LogP contribution < -0.4 is 10.6 Å². The second-order valence-corrected chi connectivity index (χ2v) is 6.95. The summed E-state index contributed by atoms with van der Waals surface area (Å²) in [6.07, 6.45) is 2.14. The molecule has 1 amide bonds. The third-order valence-corrected chi connectivity index (χ3v) is 4.20. The Morgan fingerprint density at radius 2 is 2.08 bits per heavy atom. The van der Waals surface area contributed by atoms with Crippen LogP contribution in [0.3, 0.4) is 0 Å². The van der Waals surface area contributed by atoms with Crippen LogP contribution in [0.25, 0.3) is 11.4 Å². The maximum atomic E-state index is 12.6. The molecule has 138 valence electrons. The maximum absolute atomic E-state index is 12.6. The SMILES string of the molecule is CC(C)CNc1cc(C(=O)NCC2CCCO2)nc(-c2ccccc2)n1. The molecule has 1 unspecified atom stereocenters. The van der Waals surface area contributed by atoms with Gasteiger partial charge in [0.05, 0.1) is 6.10 Å². The average molecular weight is 354 g/mol. The van der Waals surface area contributed by atoms with Crippen molar-refractivity contribution < 1.29 is 9.53 Å². The molecule has 0 aliphatic carbocycles. The number of ether oxygens (including phenoxy) is 1. The van der Waals surface area contributed by atoms with Gasteiger partial charge in [-0.3, -0.25) is 4.79 Å². The van der Waals surface area contributed by atoms with Crippen LogP contribution in [0.15, 0.2) is 36.4 Å². The van der Waals surface area contributed by atoms with Gasteiger partial charge in [-0.25, -0.2) is 9.97 Å². The van der Waals surface area contributed by atoms with Gasteiger partial charge in [-0.15, -0.1) is 0 Å². The first-order valence-corrected chi connectivity index (χ1v) is 9.20. The Morgan fingerprint density at radius 1 is 1.27 bits per heavy atom. The number of benzene rings is 1. The molecule has 3 rings (SSSR count). The zero-order valence-corrected chi connectivity index (χ0v) is 15.4. The highest BCUT2D eigenvalue weighted by molar-refractivity contribution is 5.93. The fraction of sp³-hybridized carbons (Fsp3) is 0.450. The minimum absolute atomic E-state index is 0.105. The largest absolute Gasteiger partial charge is 0.376 e. The lowest BCUT2D eigenvalue weighted by molar-refractivity contribution is 0.0853. The molecular weight excluding hydrogens is 328 g/mol. The van der Waals surface area contributed by atoms with Crippen molar-refractivity contribution in [2.75, 3.05) is 25.0 Å². The molecule has 0 bridgehead atoms. The topological polar surface area (TPSA) is 76.1 Å². The normalized spacial score (nSPS) is 16.7. The molecule has 1 aromatic heterocycles. The number of nitrogens with one attached hydrogen (secondary N) is 2. The molecule has 0 radical (unpaired) electrons. The maximum Gasteiger partial charge on any atom is 0.270 e. The van der Waals surface area contributed by atoms with Crippen LogP contribution in [-0.2, 0) is 4.74 Å². The van der Waals surface area contributed by atoms with Crippen LogP contribution in [0.5, 0.6) is 0 Å². The number of hydrogen-bond donors (Lipinski definition) is 2. The van der Waals surface area contributed by atoms with E-state index in [1.165, 1.54) is 0 Å². The summed E-state index contributed by atoms with van der Waals surface area (Å²) in [7, 11) is 0. The number of carbonyl (C=O) groups is 1. The Hall–Kier alpha value is -2.47. The van der Waals surface area contributed by atoms with Gasteiger partial charge in [0.15, 0.2) is 5.82 Å². The Balaban J connectivity index is 1.80. The van der Waals surface area contributed by atoms with Crippen LogP contribution in [-0.4, -0.2) is 41.7 Å². The number of amides is 1. The summed E-state index contributed by atoms with van der Waals surface area (Å²) in [6.45, 7) is 6.32. The molecule has 2 N–H and O–H groups in total. The molecule has 26 heavy (non-hydrogen) atoms. The van der Waals surface area contributed by atoms with Crippen molar-refractivity contribution in [2.45, 2.75) is 32.8 Å². The second kappa shape index (κ2) is 8.76. The first kappa shape index (κ1) is 18.3. The minimum Gasteiger partial charge on any atom is -0.376 e. The highest BCUT2D eigenvalue weighted by Gasteiger charge is 2.18. The lowest BCUT2D eigenvalue weighted by Crippen LogP contribution is -2.32. The molecule has 6 heteroatoms. The Bertz CT molecular complexity index is 728. The number of rotatable bonds is 7. The van der Waals surface area contributed by atoms with Gasteiger partial charge in [0, 0.05) is 31.3 Å². The van der Waals surface area contributed by atoms with Crippen molar-refractivity contribution >= 4 is 11.7 Å². The Morgan fingerprint density at radius 3 is 2.77 bits per heavy atom. The van der Waals surface area contributed by atoms with Gasteiger partial charge < -0.3 is 15.4 Å². The molecule has 1 aliphatic rings. The molecule has 1 atom stereocenters. The van der Waals surface area contributed by atoms with E-state index in [9.17, 15) is 4.79 Å². The average Bonchev–Trinajstić information content (AvgIpc) is 3.18. The van der Waals surface area contributed by atoms with Gasteiger partial charge in [0.1, 0.15) is 11.5 Å². The first-order chi connectivity index (χ1) is 12.6. The van der Waals surface area contributed by atoms with Crippen molar-refractivity contribution in [1.82, 2.24) is 15.3 Å². The minimum atomic E-state index is -0.201. The summed E-state index contributed by atoms with van der Waals surface area (Å²) in [5.74, 6) is 1.48. The summed E-state index contributed by atoms with van der Waals surface area (Å²) in [6, 6.07) is 11.4. The number of hydrogen-bond acceptors (Lipinski definition) is 5. The first-order valence-electron chi connectivity index (χ1n) is 9.20. The predicted octanol–water partition coefficient (Wildman–Crippen LogP) is 3.12. The van der Waals surface area contributed by atoms with E-state index in [0.717, 1.165) is 31.6 Å². The zero-order chi connectivity index (χ0) is 18.4. The molecule has 0 spiro atoms. The fourth-order valence-electron chi connectivity index (χ4n) is 2.78. The van der Waals surface area contributed by atoms with E-state index in [1.54, 1.807) is 6.07 Å². The highest BCUT2D eigenvalue weighted by Crippen LogP contribution is 2.18. The van der Waals surface area contributed by atoms with Crippen molar-refractivity contribution in [2.24, 2.45) is 5.92 Å². The van der Waals surface area contributed by atoms with Crippen molar-refractivity contribution in [3.05, 3.63) is 42.1 Å². The Labute approximate surface area is 154 Å². The highest BCUT2D eigenvalue weighted by atomic mass is 16.5. The smallest absolute Gasteiger partial charge is 0.270 e. The number of anilines is 1. The van der Waals surface area contributed by atoms with Gasteiger partial charge >= 0.3 is 0 Å². The molecular formula is C20H26N4O2. The van der Waals surface area contributed by atoms with Gasteiger partial charge in [0.2, 0.25) is 0 Å². The monoisotopic (exact) mass is 354 g/mol. The second-order valence-electron chi connectivity index (χ2n) is 6.95. The summed E-state index contributed by atoms with van der Waals surface area (Å²) in [5, 5.41) is 6.22. The summed E-state index contributed by atoms with van der Waals surface area (Å²) in [5.41, 5.74) is 1.25. The zero-order valence-electron chi connectivity index (χ0n) is 15.4. The van der Waals surface area contributed by atoms with Crippen LogP contribution in [0.1, 0.15) is 37.2 Å². The Kier molecular flexibility index (Phi) is 6.17. The fourth-order valence-corrected chi connectivity index (χ4v) is 2.78. The van der Waals surface area contributed by atoms with Crippen molar-refractivity contribution in [3.8, 4) is 11.4 Å². The summed E-state index contributed by atoms with van der Waals surface area (Å²) in [4.78, 5) is 21.6. The number of aromatic nitrogens is 2. The molecule has 6 nitrogen and oxygen atoms in total. The summed E-state index contributed by atoms with van der Waals surface area (Å²) >= 11 is 0. The molecule has 1 aromatic carbocycles. The molecule has 2 heterocycles. The van der Waals surface area contributed by atoms with E-state index in [-0.39, 0.29) is 12.0 Å². The predicted molar refractivity (Wildman–Crippen MR) is 102 cm³/mol. The lowest BCUT2D eigenvalue weighted by Gasteiger charge is -2.13. The van der Waals surface area contributed by atoms with Crippen LogP contribution in [0.2, 0.25) is 0 Å². The molecule has 1 aliphatic heterocycles. The van der Waals surface area contributed by atoms with Gasteiger partial charge in [-0.2, -0.15) is 0 Å². The van der Waals surface area contributed by atoms with Crippen LogP contribution in [0.4, 0.5) is 5.82 Å². The van der Waals surface area contributed by atoms with Crippen LogP contribution >= 0.6 is 0 Å². The van der Waals surface area contributed by atoms with Gasteiger partial charge in [0.25, 0.3) is 5.91 Å². The standard InChI is InChI=1S/C20H26N4O2/c1-14(2)12-21-18-11-17(20(25)22-13-16-9-6-10-26-16)23-19(24-18)15-7-4-3-5-8-15/h3-5,7-8,11,14,16H,6,9-10,12-13H2,1-2H3,(H,22,25)(H,21,23,24). The molecule has 1 saturated heterocycles. The third kappa shape index (κ3) is 5.02. The summed E-state index contributed by atoms with van der Waals surface area (Å²) < 4.78 is 5.56. The van der Waals surface area contributed by atoms with E-state index in [2.05, 4.69) is 34.4 Å². The van der Waals surface area contributed by atoms with Crippen molar-refractivity contribution in [3.63, 3.8) is 0 Å². The molecule has 0 saturated carbocycles. The number of carbonyl (C=O) groups excluding carboxylic acids is 1. The van der Waals surface area contributed by atoms with E-state index in [1.807, 2.05) is 30.3 Å².